The number of nitrogens with two attached hydrogens (primary N) is 1. The minimum absolute atomic E-state index is 0.0516. The summed E-state index contributed by atoms with van der Waals surface area (Å²) in [6.45, 7) is 2.47. The monoisotopic (exact) mass is 450 g/mol. The highest BCUT2D eigenvalue weighted by Crippen LogP contribution is 2.38. The first-order valence-corrected chi connectivity index (χ1v) is 11.3. The third-order valence-corrected chi connectivity index (χ3v) is 6.86. The number of hydroxylamine groups is 1. The average Bonchev–Trinajstić information content (AvgIpc) is 3.30. The number of carboxylic acids is 1. The first kappa shape index (κ1) is 22.9. The van der Waals surface area contributed by atoms with Gasteiger partial charge in [0, 0.05) is 41.5 Å². The Balaban J connectivity index is 1.63. The zero-order valence-corrected chi connectivity index (χ0v) is 18.6. The summed E-state index contributed by atoms with van der Waals surface area (Å²) in [5.74, 6) is -0.903. The number of carbonyl (C=O) groups excluding carboxylic acids is 1. The van der Waals surface area contributed by atoms with Crippen LogP contribution >= 0.6 is 0 Å². The van der Waals surface area contributed by atoms with Gasteiger partial charge in [0.25, 0.3) is 0 Å². The lowest BCUT2D eigenvalue weighted by atomic mass is 9.76. The highest BCUT2D eigenvalue weighted by Gasteiger charge is 2.37. The molecule has 1 fully saturated rings. The summed E-state index contributed by atoms with van der Waals surface area (Å²) in [6, 6.07) is 14.3. The Morgan fingerprint density at radius 1 is 1.21 bits per heavy atom. The smallest absolute Gasteiger partial charge is 0.320 e. The van der Waals surface area contributed by atoms with Crippen molar-refractivity contribution in [1.82, 2.24) is 10.8 Å². The Kier molecular flexibility index (Phi) is 6.76. The second-order valence-corrected chi connectivity index (χ2v) is 8.95. The van der Waals surface area contributed by atoms with Crippen LogP contribution in [0.1, 0.15) is 54.7 Å². The van der Waals surface area contributed by atoms with Gasteiger partial charge in [-0.1, -0.05) is 43.3 Å². The summed E-state index contributed by atoms with van der Waals surface area (Å²) in [6.07, 6.45) is 1.73. The molecule has 0 bridgehead atoms. The average molecular weight is 451 g/mol. The van der Waals surface area contributed by atoms with Crippen molar-refractivity contribution in [3.8, 4) is 5.75 Å². The lowest BCUT2D eigenvalue weighted by Gasteiger charge is -2.32. The minimum atomic E-state index is -0.864. The molecule has 174 valence electrons. The van der Waals surface area contributed by atoms with Crippen LogP contribution in [0, 0.1) is 11.3 Å². The van der Waals surface area contributed by atoms with Gasteiger partial charge in [-0.2, -0.15) is 5.48 Å². The van der Waals surface area contributed by atoms with Gasteiger partial charge in [-0.3, -0.25) is 15.0 Å². The molecule has 0 aliphatic carbocycles. The zero-order valence-electron chi connectivity index (χ0n) is 18.6. The van der Waals surface area contributed by atoms with Gasteiger partial charge in [-0.15, -0.1) is 0 Å². The van der Waals surface area contributed by atoms with E-state index >= 15 is 0 Å². The number of aliphatic carboxylic acids is 1. The molecule has 0 amide bonds. The fourth-order valence-corrected chi connectivity index (χ4v) is 4.98. The van der Waals surface area contributed by atoms with E-state index in [4.69, 9.17) is 16.0 Å². The lowest BCUT2D eigenvalue weighted by Crippen LogP contribution is -2.39. The SMILES string of the molecule is CC(C(=O)C(CC1CCC(C(=O)O)N1)c1cccc(C(=N)N)c1)C1CNOc2ccccc21. The number of carboxylic acid groups (broad SMARTS) is 1. The van der Waals surface area contributed by atoms with Crippen LogP contribution in [0.3, 0.4) is 0 Å². The first-order chi connectivity index (χ1) is 15.8. The molecule has 2 aromatic carbocycles. The number of para-hydroxylation sites is 1. The second kappa shape index (κ2) is 9.72. The highest BCUT2D eigenvalue weighted by atomic mass is 16.6. The van der Waals surface area contributed by atoms with Gasteiger partial charge < -0.3 is 21.0 Å². The molecule has 33 heavy (non-hydrogen) atoms. The summed E-state index contributed by atoms with van der Waals surface area (Å²) in [5, 5.41) is 20.3. The molecule has 2 aromatic rings. The Morgan fingerprint density at radius 3 is 2.73 bits per heavy atom. The standard InChI is InChI=1S/C25H30N4O4/c1-14(20-13-28-33-22-8-3-2-7-18(20)22)23(30)19(12-17-9-10-21(29-17)25(31)32)15-5-4-6-16(11-15)24(26)27/h2-8,11,14,17,19-21,28-29H,9-10,12-13H2,1H3,(H3,26,27)(H,31,32). The van der Waals surface area contributed by atoms with Crippen LogP contribution in [0.2, 0.25) is 0 Å². The molecule has 2 aliphatic rings. The molecule has 8 heteroatoms. The molecular weight excluding hydrogens is 420 g/mol. The third-order valence-electron chi connectivity index (χ3n) is 6.86. The zero-order chi connectivity index (χ0) is 23.5. The molecule has 0 aromatic heterocycles. The molecule has 6 N–H and O–H groups in total. The van der Waals surface area contributed by atoms with Crippen molar-refractivity contribution in [3.63, 3.8) is 0 Å². The number of fused-ring (bicyclic) bond motifs is 1. The Labute approximate surface area is 193 Å². The highest BCUT2D eigenvalue weighted by molar-refractivity contribution is 5.96. The van der Waals surface area contributed by atoms with E-state index in [0.717, 1.165) is 16.9 Å². The predicted molar refractivity (Wildman–Crippen MR) is 124 cm³/mol. The van der Waals surface area contributed by atoms with Gasteiger partial charge in [0.15, 0.2) is 5.75 Å². The summed E-state index contributed by atoms with van der Waals surface area (Å²) in [4.78, 5) is 30.9. The van der Waals surface area contributed by atoms with E-state index in [9.17, 15) is 14.7 Å². The first-order valence-electron chi connectivity index (χ1n) is 11.3. The quantitative estimate of drug-likeness (QED) is 0.308. The molecule has 8 nitrogen and oxygen atoms in total. The summed E-state index contributed by atoms with van der Waals surface area (Å²) in [7, 11) is 0. The van der Waals surface area contributed by atoms with E-state index in [-0.39, 0.29) is 29.5 Å². The van der Waals surface area contributed by atoms with Crippen molar-refractivity contribution >= 4 is 17.6 Å². The Hall–Kier alpha value is -3.23. The van der Waals surface area contributed by atoms with Crippen molar-refractivity contribution in [2.24, 2.45) is 11.7 Å². The number of rotatable bonds is 8. The molecule has 0 spiro atoms. The van der Waals surface area contributed by atoms with Crippen molar-refractivity contribution in [2.45, 2.75) is 50.1 Å². The van der Waals surface area contributed by atoms with Gasteiger partial charge in [0.05, 0.1) is 0 Å². The van der Waals surface area contributed by atoms with Gasteiger partial charge in [0.2, 0.25) is 0 Å². The molecule has 0 saturated carbocycles. The van der Waals surface area contributed by atoms with Gasteiger partial charge in [-0.05, 0) is 37.0 Å². The number of benzene rings is 2. The Morgan fingerprint density at radius 2 is 2.00 bits per heavy atom. The molecular formula is C25H30N4O4. The number of ketones is 1. The van der Waals surface area contributed by atoms with E-state index < -0.39 is 17.9 Å². The van der Waals surface area contributed by atoms with Crippen molar-refractivity contribution in [2.75, 3.05) is 6.54 Å². The van der Waals surface area contributed by atoms with Crippen LogP contribution in [0.4, 0.5) is 0 Å². The number of carbonyl (C=O) groups is 2. The van der Waals surface area contributed by atoms with E-state index in [0.29, 0.717) is 31.4 Å². The number of hydrogen-bond donors (Lipinski definition) is 5. The van der Waals surface area contributed by atoms with Crippen LogP contribution in [0.25, 0.3) is 0 Å². The van der Waals surface area contributed by atoms with E-state index in [1.807, 2.05) is 43.3 Å². The maximum atomic E-state index is 13.9. The number of nitrogen functional groups attached to an aromatic ring is 1. The maximum Gasteiger partial charge on any atom is 0.320 e. The van der Waals surface area contributed by atoms with Crippen LogP contribution in [0.15, 0.2) is 48.5 Å². The summed E-state index contributed by atoms with van der Waals surface area (Å²) in [5.41, 5.74) is 11.0. The van der Waals surface area contributed by atoms with E-state index in [2.05, 4.69) is 10.8 Å². The Bertz CT molecular complexity index is 1060. The molecule has 2 aliphatic heterocycles. The maximum absolute atomic E-state index is 13.9. The normalized spacial score (nSPS) is 23.7. The number of Topliss-reactive ketones (excluding diaryl/α,β-unsaturated/α-hetero) is 1. The second-order valence-electron chi connectivity index (χ2n) is 8.95. The molecule has 4 rings (SSSR count). The fourth-order valence-electron chi connectivity index (χ4n) is 4.98. The topological polar surface area (TPSA) is 138 Å². The molecule has 5 unspecified atom stereocenters. The predicted octanol–water partition coefficient (Wildman–Crippen LogP) is 2.54. The van der Waals surface area contributed by atoms with Crippen LogP contribution in [0.5, 0.6) is 5.75 Å². The van der Waals surface area contributed by atoms with Gasteiger partial charge in [-0.25, -0.2) is 0 Å². The minimum Gasteiger partial charge on any atom is -0.480 e. The van der Waals surface area contributed by atoms with E-state index in [1.165, 1.54) is 0 Å². The summed E-state index contributed by atoms with van der Waals surface area (Å²) < 4.78 is 0. The van der Waals surface area contributed by atoms with Gasteiger partial charge in [0.1, 0.15) is 17.7 Å². The lowest BCUT2D eigenvalue weighted by molar-refractivity contribution is -0.139. The molecule has 5 atom stereocenters. The van der Waals surface area contributed by atoms with E-state index in [1.54, 1.807) is 12.1 Å². The summed E-state index contributed by atoms with van der Waals surface area (Å²) >= 11 is 0. The fraction of sp³-hybridized carbons (Fsp3) is 0.400. The molecule has 2 heterocycles. The van der Waals surface area contributed by atoms with Crippen molar-refractivity contribution in [3.05, 3.63) is 65.2 Å². The largest absolute Gasteiger partial charge is 0.480 e. The van der Waals surface area contributed by atoms with Crippen LogP contribution in [-0.4, -0.2) is 41.3 Å². The third kappa shape index (κ3) is 4.91. The van der Waals surface area contributed by atoms with Crippen LogP contribution in [-0.2, 0) is 9.59 Å². The number of amidine groups is 1. The van der Waals surface area contributed by atoms with Gasteiger partial charge >= 0.3 is 5.97 Å². The van der Waals surface area contributed by atoms with Crippen molar-refractivity contribution < 1.29 is 19.5 Å². The molecule has 0 radical (unpaired) electrons. The number of nitrogens with one attached hydrogen (secondary N) is 3. The van der Waals surface area contributed by atoms with Crippen molar-refractivity contribution in [1.29, 1.82) is 5.41 Å². The van der Waals surface area contributed by atoms with Crippen LogP contribution < -0.4 is 21.4 Å². The molecule has 1 saturated heterocycles. The number of hydrogen-bond acceptors (Lipinski definition) is 6.